The van der Waals surface area contributed by atoms with Gasteiger partial charge in [0.1, 0.15) is 13.2 Å². The molecule has 0 fully saturated rings. The molecule has 0 bridgehead atoms. The van der Waals surface area contributed by atoms with Crippen LogP contribution in [-0.2, 0) is 28.6 Å². The number of allylic oxidation sites excluding steroid dienone is 16. The molecular weight excluding hydrogens is 829 g/mol. The fourth-order valence-electron chi connectivity index (χ4n) is 7.32. The molecule has 0 aromatic rings. The molecule has 0 unspecified atom stereocenters. The summed E-state index contributed by atoms with van der Waals surface area (Å²) in [6, 6.07) is 0. The van der Waals surface area contributed by atoms with E-state index in [2.05, 4.69) is 118 Å². The van der Waals surface area contributed by atoms with Crippen molar-refractivity contribution in [3.05, 3.63) is 97.2 Å². The quantitative estimate of drug-likeness (QED) is 0.0262. The minimum atomic E-state index is -0.811. The Balaban J connectivity index is 4.51. The predicted molar refractivity (Wildman–Crippen MR) is 288 cm³/mol. The van der Waals surface area contributed by atoms with E-state index in [1.165, 1.54) is 103 Å². The van der Waals surface area contributed by atoms with Crippen LogP contribution in [0.1, 0.15) is 252 Å². The van der Waals surface area contributed by atoms with Crippen LogP contribution in [0.5, 0.6) is 0 Å². The van der Waals surface area contributed by atoms with Crippen molar-refractivity contribution in [1.29, 1.82) is 0 Å². The molecule has 6 nitrogen and oxygen atoms in total. The van der Waals surface area contributed by atoms with Gasteiger partial charge in [0, 0.05) is 19.3 Å². The van der Waals surface area contributed by atoms with Gasteiger partial charge in [-0.05, 0) is 122 Å². The van der Waals surface area contributed by atoms with Gasteiger partial charge in [-0.15, -0.1) is 0 Å². The van der Waals surface area contributed by atoms with Crippen LogP contribution >= 0.6 is 0 Å². The van der Waals surface area contributed by atoms with Crippen LogP contribution in [0.15, 0.2) is 97.2 Å². The third-order valence-corrected chi connectivity index (χ3v) is 11.5. The molecule has 1 atom stereocenters. The second kappa shape index (κ2) is 54.9. The Morgan fingerprint density at radius 2 is 0.552 bits per heavy atom. The number of hydrogen-bond acceptors (Lipinski definition) is 6. The SMILES string of the molecule is CCCCC/C=C\C/C=C\C/C=C\C/C=C\CCCC(=O)OC[C@H](COC(=O)CCCCCCCCC/C=C\C/C=C\CCCCC)OC(=O)CCCCCCC/C=C\C/C=C\CCCCC. The summed E-state index contributed by atoms with van der Waals surface area (Å²) in [5.74, 6) is -0.985. The second-order valence-corrected chi connectivity index (χ2v) is 18.1. The van der Waals surface area contributed by atoms with Gasteiger partial charge in [0.25, 0.3) is 0 Å². The summed E-state index contributed by atoms with van der Waals surface area (Å²) in [4.78, 5) is 38.1. The lowest BCUT2D eigenvalue weighted by molar-refractivity contribution is -0.167. The number of carbonyl (C=O) groups is 3. The lowest BCUT2D eigenvalue weighted by atomic mass is 10.1. The molecule has 0 amide bonds. The third kappa shape index (κ3) is 53.2. The molecule has 0 rings (SSSR count). The van der Waals surface area contributed by atoms with Crippen molar-refractivity contribution >= 4 is 17.9 Å². The second-order valence-electron chi connectivity index (χ2n) is 18.1. The topological polar surface area (TPSA) is 78.9 Å². The molecule has 0 saturated heterocycles. The first-order valence-electron chi connectivity index (χ1n) is 27.7. The van der Waals surface area contributed by atoms with Gasteiger partial charge in [0.15, 0.2) is 6.10 Å². The normalized spacial score (nSPS) is 12.8. The summed E-state index contributed by atoms with van der Waals surface area (Å²) in [6.07, 6.45) is 72.5. The summed E-state index contributed by atoms with van der Waals surface area (Å²) >= 11 is 0. The molecule has 0 aromatic heterocycles. The summed E-state index contributed by atoms with van der Waals surface area (Å²) < 4.78 is 16.8. The molecule has 382 valence electrons. The highest BCUT2D eigenvalue weighted by molar-refractivity contribution is 5.71. The Morgan fingerprint density at radius 1 is 0.299 bits per heavy atom. The zero-order valence-corrected chi connectivity index (χ0v) is 43.6. The van der Waals surface area contributed by atoms with Crippen LogP contribution < -0.4 is 0 Å². The van der Waals surface area contributed by atoms with E-state index in [0.29, 0.717) is 19.3 Å². The van der Waals surface area contributed by atoms with Crippen molar-refractivity contribution in [2.24, 2.45) is 0 Å². The van der Waals surface area contributed by atoms with Gasteiger partial charge in [-0.2, -0.15) is 0 Å². The van der Waals surface area contributed by atoms with Gasteiger partial charge < -0.3 is 14.2 Å². The zero-order valence-electron chi connectivity index (χ0n) is 43.6. The fraction of sp³-hybridized carbons (Fsp3) is 0.689. The zero-order chi connectivity index (χ0) is 48.6. The number of hydrogen-bond donors (Lipinski definition) is 0. The summed E-state index contributed by atoms with van der Waals surface area (Å²) in [6.45, 7) is 6.49. The van der Waals surface area contributed by atoms with Gasteiger partial charge >= 0.3 is 17.9 Å². The van der Waals surface area contributed by atoms with Gasteiger partial charge in [0.2, 0.25) is 0 Å². The van der Waals surface area contributed by atoms with Crippen molar-refractivity contribution in [2.75, 3.05) is 13.2 Å². The first kappa shape index (κ1) is 63.3. The van der Waals surface area contributed by atoms with E-state index in [9.17, 15) is 14.4 Å². The largest absolute Gasteiger partial charge is 0.462 e. The van der Waals surface area contributed by atoms with Crippen LogP contribution in [0.3, 0.4) is 0 Å². The maximum Gasteiger partial charge on any atom is 0.306 e. The third-order valence-electron chi connectivity index (χ3n) is 11.5. The van der Waals surface area contributed by atoms with E-state index >= 15 is 0 Å². The lowest BCUT2D eigenvalue weighted by Crippen LogP contribution is -2.30. The molecule has 0 radical (unpaired) electrons. The van der Waals surface area contributed by atoms with Crippen molar-refractivity contribution in [2.45, 2.75) is 258 Å². The maximum atomic E-state index is 12.8. The number of rotatable bonds is 49. The van der Waals surface area contributed by atoms with Gasteiger partial charge in [0.05, 0.1) is 0 Å². The van der Waals surface area contributed by atoms with Gasteiger partial charge in [-0.3, -0.25) is 14.4 Å². The minimum absolute atomic E-state index is 0.105. The van der Waals surface area contributed by atoms with Crippen molar-refractivity contribution in [3.8, 4) is 0 Å². The molecule has 6 heteroatoms. The van der Waals surface area contributed by atoms with E-state index in [0.717, 1.165) is 103 Å². The molecule has 0 heterocycles. The van der Waals surface area contributed by atoms with E-state index < -0.39 is 6.10 Å². The molecule has 0 saturated carbocycles. The highest BCUT2D eigenvalue weighted by atomic mass is 16.6. The highest BCUT2D eigenvalue weighted by Crippen LogP contribution is 2.13. The van der Waals surface area contributed by atoms with Crippen molar-refractivity contribution in [3.63, 3.8) is 0 Å². The number of ether oxygens (including phenoxy) is 3. The standard InChI is InChI=1S/C61H102O6/c1-4-7-10-13-16-19-22-25-28-30-33-35-38-41-44-47-50-53-59(62)65-56-58(67-61(64)55-52-49-46-43-40-37-32-27-24-21-18-15-12-9-6-3)57-66-60(63)54-51-48-45-42-39-36-34-31-29-26-23-20-17-14-11-8-5-2/h16-21,25-29,32-33,35,41,44,58H,4-15,22-24,30-31,34,36-40,42-43,45-57H2,1-3H3/b19-16-,20-17-,21-18-,28-25-,29-26-,32-27-,35-33-,44-41-/t58-/m1/s1. The van der Waals surface area contributed by atoms with Crippen molar-refractivity contribution in [1.82, 2.24) is 0 Å². The van der Waals surface area contributed by atoms with Crippen LogP contribution in [0, 0.1) is 0 Å². The average Bonchev–Trinajstić information content (AvgIpc) is 3.33. The monoisotopic (exact) mass is 931 g/mol. The van der Waals surface area contributed by atoms with Gasteiger partial charge in [-0.1, -0.05) is 208 Å². The number of unbranched alkanes of at least 4 members (excludes halogenated alkanes) is 22. The van der Waals surface area contributed by atoms with E-state index in [1.807, 2.05) is 0 Å². The smallest absolute Gasteiger partial charge is 0.306 e. The Kier molecular flexibility index (Phi) is 51.9. The molecule has 67 heavy (non-hydrogen) atoms. The van der Waals surface area contributed by atoms with E-state index in [1.54, 1.807) is 0 Å². The van der Waals surface area contributed by atoms with E-state index in [-0.39, 0.29) is 37.5 Å². The van der Waals surface area contributed by atoms with Crippen LogP contribution in [-0.4, -0.2) is 37.2 Å². The number of carbonyl (C=O) groups excluding carboxylic acids is 3. The molecular formula is C61H102O6. The summed E-state index contributed by atoms with van der Waals surface area (Å²) in [7, 11) is 0. The number of esters is 3. The first-order valence-corrected chi connectivity index (χ1v) is 27.7. The molecule has 0 aromatic carbocycles. The highest BCUT2D eigenvalue weighted by Gasteiger charge is 2.19. The van der Waals surface area contributed by atoms with Crippen LogP contribution in [0.2, 0.25) is 0 Å². The lowest BCUT2D eigenvalue weighted by Gasteiger charge is -2.18. The Bertz CT molecular complexity index is 1350. The predicted octanol–water partition coefficient (Wildman–Crippen LogP) is 18.5. The van der Waals surface area contributed by atoms with Crippen LogP contribution in [0.25, 0.3) is 0 Å². The molecule has 0 aliphatic rings. The van der Waals surface area contributed by atoms with Gasteiger partial charge in [-0.25, -0.2) is 0 Å². The molecule has 0 aliphatic carbocycles. The Hall–Kier alpha value is -3.67. The van der Waals surface area contributed by atoms with E-state index in [4.69, 9.17) is 14.2 Å². The molecule has 0 N–H and O–H groups in total. The summed E-state index contributed by atoms with van der Waals surface area (Å²) in [5, 5.41) is 0. The fourth-order valence-corrected chi connectivity index (χ4v) is 7.32. The summed E-state index contributed by atoms with van der Waals surface area (Å²) in [5.41, 5.74) is 0. The van der Waals surface area contributed by atoms with Crippen molar-refractivity contribution < 1.29 is 28.6 Å². The molecule has 0 aliphatic heterocycles. The first-order chi connectivity index (χ1) is 33.0. The Morgan fingerprint density at radius 3 is 0.896 bits per heavy atom. The van der Waals surface area contributed by atoms with Crippen LogP contribution in [0.4, 0.5) is 0 Å². The Labute approximate surface area is 413 Å². The maximum absolute atomic E-state index is 12.8. The average molecular weight is 931 g/mol. The molecule has 0 spiro atoms. The minimum Gasteiger partial charge on any atom is -0.462 e.